The number of aromatic nitrogens is 1. The lowest BCUT2D eigenvalue weighted by atomic mass is 10.0. The molecule has 6 heteroatoms. The number of aliphatic imine (C=N–C) groups is 1. The highest BCUT2D eigenvalue weighted by Gasteiger charge is 2.07. The lowest BCUT2D eigenvalue weighted by molar-refractivity contribution is 0.493. The molecule has 2 rings (SSSR count). The first kappa shape index (κ1) is 17.5. The van der Waals surface area contributed by atoms with Gasteiger partial charge in [-0.05, 0) is 31.4 Å². The largest absolute Gasteiger partial charge is 0.462 e. The summed E-state index contributed by atoms with van der Waals surface area (Å²) < 4.78 is 5.34. The van der Waals surface area contributed by atoms with E-state index in [0.29, 0.717) is 18.5 Å². The molecule has 0 radical (unpaired) electrons. The summed E-state index contributed by atoms with van der Waals surface area (Å²) >= 11 is 1.55. The first-order chi connectivity index (χ1) is 11.0. The smallest absolute Gasteiger partial charge is 0.189 e. The van der Waals surface area contributed by atoms with E-state index in [0.717, 1.165) is 28.8 Å². The van der Waals surface area contributed by atoms with Crippen molar-refractivity contribution in [2.24, 2.45) is 16.6 Å². The molecule has 0 saturated heterocycles. The van der Waals surface area contributed by atoms with Gasteiger partial charge in [-0.3, -0.25) is 0 Å². The van der Waals surface area contributed by atoms with Crippen LogP contribution in [0.15, 0.2) is 33.2 Å². The molecule has 0 aromatic carbocycles. The summed E-state index contributed by atoms with van der Waals surface area (Å²) in [6.07, 6.45) is 5.21. The highest BCUT2D eigenvalue weighted by atomic mass is 32.1. The summed E-state index contributed by atoms with van der Waals surface area (Å²) in [7, 11) is 0. The molecule has 1 unspecified atom stereocenters. The molecule has 3 N–H and O–H groups in total. The maximum absolute atomic E-state index is 5.95. The zero-order valence-electron chi connectivity index (χ0n) is 14.1. The monoisotopic (exact) mass is 334 g/mol. The Morgan fingerprint density at radius 2 is 2.22 bits per heavy atom. The van der Waals surface area contributed by atoms with Gasteiger partial charge in [-0.25, -0.2) is 9.98 Å². The van der Waals surface area contributed by atoms with Crippen LogP contribution in [-0.4, -0.2) is 17.0 Å². The zero-order valence-corrected chi connectivity index (χ0v) is 14.9. The van der Waals surface area contributed by atoms with Crippen LogP contribution in [0.4, 0.5) is 0 Å². The van der Waals surface area contributed by atoms with Gasteiger partial charge in [0.25, 0.3) is 0 Å². The van der Waals surface area contributed by atoms with Crippen molar-refractivity contribution in [3.05, 3.63) is 29.5 Å². The van der Waals surface area contributed by atoms with Crippen molar-refractivity contribution in [1.82, 2.24) is 10.3 Å². The molecule has 0 bridgehead atoms. The fraction of sp³-hybridized carbons (Fsp3) is 0.529. The molecule has 0 amide bonds. The van der Waals surface area contributed by atoms with Crippen molar-refractivity contribution in [3.63, 3.8) is 0 Å². The van der Waals surface area contributed by atoms with Crippen molar-refractivity contribution in [2.75, 3.05) is 0 Å². The first-order valence-corrected chi connectivity index (χ1v) is 8.97. The predicted octanol–water partition coefficient (Wildman–Crippen LogP) is 4.02. The van der Waals surface area contributed by atoms with E-state index >= 15 is 0 Å². The fourth-order valence-corrected chi connectivity index (χ4v) is 3.04. The second-order valence-electron chi connectivity index (χ2n) is 6.19. The van der Waals surface area contributed by atoms with Gasteiger partial charge < -0.3 is 15.5 Å². The minimum atomic E-state index is 0.339. The third-order valence-electron chi connectivity index (χ3n) is 3.51. The van der Waals surface area contributed by atoms with E-state index < -0.39 is 0 Å². The molecule has 126 valence electrons. The number of nitrogens with one attached hydrogen (secondary N) is 1. The molecule has 23 heavy (non-hydrogen) atoms. The van der Waals surface area contributed by atoms with Crippen LogP contribution in [0.1, 0.15) is 45.7 Å². The van der Waals surface area contributed by atoms with Gasteiger partial charge in [0.05, 0.1) is 18.5 Å². The number of furan rings is 1. The van der Waals surface area contributed by atoms with Crippen LogP contribution < -0.4 is 11.1 Å². The van der Waals surface area contributed by atoms with Gasteiger partial charge in [0.1, 0.15) is 0 Å². The molecule has 1 atom stereocenters. The molecule has 5 nitrogen and oxygen atoms in total. The third-order valence-corrected chi connectivity index (χ3v) is 4.41. The van der Waals surface area contributed by atoms with Crippen molar-refractivity contribution >= 4 is 17.3 Å². The van der Waals surface area contributed by atoms with Gasteiger partial charge >= 0.3 is 0 Å². The van der Waals surface area contributed by atoms with Gasteiger partial charge in [-0.2, -0.15) is 0 Å². The minimum Gasteiger partial charge on any atom is -0.462 e. The van der Waals surface area contributed by atoms with Crippen molar-refractivity contribution in [3.8, 4) is 10.8 Å². The number of rotatable bonds is 8. The molecule has 2 aromatic rings. The van der Waals surface area contributed by atoms with E-state index in [1.54, 1.807) is 17.6 Å². The van der Waals surface area contributed by atoms with Crippen LogP contribution in [-0.2, 0) is 6.54 Å². The molecule has 0 spiro atoms. The molecule has 0 aliphatic carbocycles. The second kappa shape index (κ2) is 8.72. The van der Waals surface area contributed by atoms with E-state index in [4.69, 9.17) is 10.2 Å². The maximum Gasteiger partial charge on any atom is 0.189 e. The first-order valence-electron chi connectivity index (χ1n) is 8.09. The van der Waals surface area contributed by atoms with Crippen molar-refractivity contribution in [1.29, 1.82) is 0 Å². The minimum absolute atomic E-state index is 0.339. The molecule has 0 saturated carbocycles. The van der Waals surface area contributed by atoms with Crippen LogP contribution in [0.25, 0.3) is 10.8 Å². The average molecular weight is 334 g/mol. The quantitative estimate of drug-likeness (QED) is 0.564. The highest BCUT2D eigenvalue weighted by Crippen LogP contribution is 2.24. The van der Waals surface area contributed by atoms with E-state index in [9.17, 15) is 0 Å². The Balaban J connectivity index is 1.78. The predicted molar refractivity (Wildman–Crippen MR) is 96.4 cm³/mol. The molecular weight excluding hydrogens is 308 g/mol. The summed E-state index contributed by atoms with van der Waals surface area (Å²) in [5.74, 6) is 2.02. The van der Waals surface area contributed by atoms with E-state index in [2.05, 4.69) is 36.1 Å². The molecule has 2 aromatic heterocycles. The third kappa shape index (κ3) is 6.06. The molecular formula is C17H26N4OS. The lowest BCUT2D eigenvalue weighted by Gasteiger charge is -2.14. The fourth-order valence-electron chi connectivity index (χ4n) is 2.26. The Kier molecular flexibility index (Phi) is 6.65. The molecule has 0 aliphatic heterocycles. The standard InChI is InChI=1S/C17H26N4OS/c1-12(2)6-4-7-13(3)20-17(18)19-10-14-11-23-16(21-14)15-8-5-9-22-15/h5,8-9,11-13H,4,6-7,10H2,1-3H3,(H3,18,19,20). The lowest BCUT2D eigenvalue weighted by Crippen LogP contribution is -2.38. The summed E-state index contributed by atoms with van der Waals surface area (Å²) in [5, 5.41) is 6.10. The summed E-state index contributed by atoms with van der Waals surface area (Å²) in [4.78, 5) is 8.88. The Hall–Kier alpha value is -1.82. The topological polar surface area (TPSA) is 76.4 Å². The normalized spacial score (nSPS) is 13.5. The van der Waals surface area contributed by atoms with Gasteiger partial charge in [0.2, 0.25) is 0 Å². The number of guanidine groups is 1. The SMILES string of the molecule is CC(C)CCCC(C)NC(N)=NCc1csc(-c2ccco2)n1. The highest BCUT2D eigenvalue weighted by molar-refractivity contribution is 7.13. The Morgan fingerprint density at radius 3 is 2.91 bits per heavy atom. The number of thiazole rings is 1. The summed E-state index contributed by atoms with van der Waals surface area (Å²) in [5.41, 5.74) is 6.85. The Bertz CT molecular complexity index is 604. The average Bonchev–Trinajstić information content (AvgIpc) is 3.15. The van der Waals surface area contributed by atoms with E-state index in [1.165, 1.54) is 12.8 Å². The van der Waals surface area contributed by atoms with E-state index in [-0.39, 0.29) is 0 Å². The van der Waals surface area contributed by atoms with Gasteiger partial charge in [-0.15, -0.1) is 11.3 Å². The Labute approximate surface area is 142 Å². The van der Waals surface area contributed by atoms with Crippen LogP contribution in [0, 0.1) is 5.92 Å². The van der Waals surface area contributed by atoms with Gasteiger partial charge in [0, 0.05) is 11.4 Å². The Morgan fingerprint density at radius 1 is 1.39 bits per heavy atom. The number of hydrogen-bond acceptors (Lipinski definition) is 4. The number of hydrogen-bond donors (Lipinski definition) is 2. The maximum atomic E-state index is 5.95. The van der Waals surface area contributed by atoms with Crippen LogP contribution in [0.3, 0.4) is 0 Å². The van der Waals surface area contributed by atoms with Crippen molar-refractivity contribution in [2.45, 2.75) is 52.6 Å². The number of nitrogens with two attached hydrogens (primary N) is 1. The van der Waals surface area contributed by atoms with Crippen LogP contribution in [0.2, 0.25) is 0 Å². The molecule has 0 aliphatic rings. The molecule has 2 heterocycles. The number of nitrogens with zero attached hydrogens (tertiary/aromatic N) is 2. The van der Waals surface area contributed by atoms with Gasteiger partial charge in [-0.1, -0.05) is 26.7 Å². The van der Waals surface area contributed by atoms with Crippen LogP contribution in [0.5, 0.6) is 0 Å². The van der Waals surface area contributed by atoms with Crippen LogP contribution >= 0.6 is 11.3 Å². The zero-order chi connectivity index (χ0) is 16.7. The summed E-state index contributed by atoms with van der Waals surface area (Å²) in [6, 6.07) is 4.10. The van der Waals surface area contributed by atoms with E-state index in [1.807, 2.05) is 17.5 Å². The van der Waals surface area contributed by atoms with Gasteiger partial charge in [0.15, 0.2) is 16.7 Å². The summed E-state index contributed by atoms with van der Waals surface area (Å²) in [6.45, 7) is 7.12. The van der Waals surface area contributed by atoms with Crippen molar-refractivity contribution < 1.29 is 4.42 Å². The molecule has 0 fully saturated rings. The second-order valence-corrected chi connectivity index (χ2v) is 7.05.